The number of benzene rings is 3. The predicted octanol–water partition coefficient (Wildman–Crippen LogP) is 4.99. The van der Waals surface area contributed by atoms with Crippen LogP contribution in [0.25, 0.3) is 0 Å². The van der Waals surface area contributed by atoms with Crippen molar-refractivity contribution in [2.75, 3.05) is 18.9 Å². The third-order valence-electron chi connectivity index (χ3n) is 4.17. The van der Waals surface area contributed by atoms with Crippen LogP contribution in [0.4, 0.5) is 5.69 Å². The van der Waals surface area contributed by atoms with Gasteiger partial charge in [0.05, 0.1) is 6.54 Å². The lowest BCUT2D eigenvalue weighted by molar-refractivity contribution is -0.117. The van der Waals surface area contributed by atoms with Gasteiger partial charge in [-0.1, -0.05) is 54.1 Å². The summed E-state index contributed by atoms with van der Waals surface area (Å²) in [6.45, 7) is 1.52. The van der Waals surface area contributed by atoms with Crippen LogP contribution in [0.15, 0.2) is 78.9 Å². The first kappa shape index (κ1) is 19.9. The van der Waals surface area contributed by atoms with Gasteiger partial charge < -0.3 is 10.1 Å². The number of carbonyl (C=O) groups excluding carboxylic acids is 1. The number of hydrogen-bond donors (Lipinski definition) is 1. The smallest absolute Gasteiger partial charge is 0.238 e. The van der Waals surface area contributed by atoms with E-state index >= 15 is 0 Å². The minimum absolute atomic E-state index is 0.0479. The molecule has 0 aliphatic rings. The van der Waals surface area contributed by atoms with Crippen molar-refractivity contribution >= 4 is 23.2 Å². The fourth-order valence-electron chi connectivity index (χ4n) is 2.78. The summed E-state index contributed by atoms with van der Waals surface area (Å²) >= 11 is 5.88. The van der Waals surface area contributed by atoms with Crippen LogP contribution in [0.5, 0.6) is 5.75 Å². The Kier molecular flexibility index (Phi) is 7.06. The van der Waals surface area contributed by atoms with E-state index < -0.39 is 0 Å². The molecule has 0 aromatic heterocycles. The molecule has 0 spiro atoms. The Morgan fingerprint density at radius 2 is 1.61 bits per heavy atom. The normalized spacial score (nSPS) is 10.7. The van der Waals surface area contributed by atoms with Gasteiger partial charge in [0.25, 0.3) is 0 Å². The Morgan fingerprint density at radius 3 is 2.29 bits per heavy atom. The Balaban J connectivity index is 1.45. The SMILES string of the molecule is CN(CC(=O)Nc1ccc(OCc2ccc(Cl)cc2)cc1)Cc1ccccc1. The molecule has 0 bridgehead atoms. The maximum absolute atomic E-state index is 12.2. The van der Waals surface area contributed by atoms with Crippen molar-refractivity contribution in [3.05, 3.63) is 95.0 Å². The highest BCUT2D eigenvalue weighted by molar-refractivity contribution is 6.30. The van der Waals surface area contributed by atoms with E-state index in [1.54, 1.807) is 0 Å². The molecule has 0 aliphatic heterocycles. The first-order valence-electron chi connectivity index (χ1n) is 9.08. The number of halogens is 1. The maximum Gasteiger partial charge on any atom is 0.238 e. The van der Waals surface area contributed by atoms with Gasteiger partial charge in [0, 0.05) is 17.3 Å². The summed E-state index contributed by atoms with van der Waals surface area (Å²) in [5.41, 5.74) is 2.97. The molecule has 0 unspecified atom stereocenters. The largest absolute Gasteiger partial charge is 0.489 e. The minimum atomic E-state index is -0.0479. The molecular weight excluding hydrogens is 372 g/mol. The fraction of sp³-hybridized carbons (Fsp3) is 0.174. The quantitative estimate of drug-likeness (QED) is 0.585. The first-order chi connectivity index (χ1) is 13.6. The molecule has 144 valence electrons. The number of anilines is 1. The third kappa shape index (κ3) is 6.41. The van der Waals surface area contributed by atoms with Crippen LogP contribution in [-0.2, 0) is 17.9 Å². The lowest BCUT2D eigenvalue weighted by atomic mass is 10.2. The van der Waals surface area contributed by atoms with Crippen LogP contribution in [0, 0.1) is 0 Å². The van der Waals surface area contributed by atoms with Crippen molar-refractivity contribution < 1.29 is 9.53 Å². The number of rotatable bonds is 8. The molecule has 3 aromatic carbocycles. The summed E-state index contributed by atoms with van der Waals surface area (Å²) < 4.78 is 5.76. The summed E-state index contributed by atoms with van der Waals surface area (Å²) in [4.78, 5) is 14.2. The van der Waals surface area contributed by atoms with Crippen LogP contribution < -0.4 is 10.1 Å². The lowest BCUT2D eigenvalue weighted by Crippen LogP contribution is -2.29. The number of likely N-dealkylation sites (N-methyl/N-ethyl adjacent to an activating group) is 1. The van der Waals surface area contributed by atoms with Crippen LogP contribution in [0.2, 0.25) is 5.02 Å². The van der Waals surface area contributed by atoms with Crippen molar-refractivity contribution in [1.82, 2.24) is 4.90 Å². The zero-order valence-electron chi connectivity index (χ0n) is 15.8. The molecule has 0 fully saturated rings. The second kappa shape index (κ2) is 9.93. The Morgan fingerprint density at radius 1 is 0.929 bits per heavy atom. The van der Waals surface area contributed by atoms with Crippen LogP contribution >= 0.6 is 11.6 Å². The van der Waals surface area contributed by atoms with Gasteiger partial charge in [-0.15, -0.1) is 0 Å². The van der Waals surface area contributed by atoms with Crippen LogP contribution in [0.3, 0.4) is 0 Å². The molecule has 1 amide bonds. The summed E-state index contributed by atoms with van der Waals surface area (Å²) in [7, 11) is 1.93. The topological polar surface area (TPSA) is 41.6 Å². The number of hydrogen-bond acceptors (Lipinski definition) is 3. The van der Waals surface area contributed by atoms with E-state index in [0.717, 1.165) is 23.5 Å². The second-order valence-electron chi connectivity index (χ2n) is 6.65. The van der Waals surface area contributed by atoms with Gasteiger partial charge in [0.15, 0.2) is 0 Å². The molecule has 0 saturated carbocycles. The van der Waals surface area contributed by atoms with E-state index in [9.17, 15) is 4.79 Å². The average Bonchev–Trinajstić information content (AvgIpc) is 2.69. The highest BCUT2D eigenvalue weighted by Crippen LogP contribution is 2.18. The number of nitrogens with zero attached hydrogens (tertiary/aromatic N) is 1. The summed E-state index contributed by atoms with van der Waals surface area (Å²) in [5, 5.41) is 3.62. The number of amides is 1. The lowest BCUT2D eigenvalue weighted by Gasteiger charge is -2.16. The summed E-state index contributed by atoms with van der Waals surface area (Å²) in [6, 6.07) is 25.0. The molecule has 0 aliphatic carbocycles. The van der Waals surface area contributed by atoms with E-state index in [0.29, 0.717) is 18.2 Å². The highest BCUT2D eigenvalue weighted by Gasteiger charge is 2.08. The van der Waals surface area contributed by atoms with Crippen LogP contribution in [-0.4, -0.2) is 24.4 Å². The Hall–Kier alpha value is -2.82. The molecule has 0 heterocycles. The second-order valence-corrected chi connectivity index (χ2v) is 7.08. The van der Waals surface area contributed by atoms with E-state index in [2.05, 4.69) is 17.4 Å². The molecule has 5 heteroatoms. The van der Waals surface area contributed by atoms with Gasteiger partial charge in [0.2, 0.25) is 5.91 Å². The van der Waals surface area contributed by atoms with Gasteiger partial charge in [-0.3, -0.25) is 9.69 Å². The van der Waals surface area contributed by atoms with Crippen molar-refractivity contribution in [3.8, 4) is 5.75 Å². The van der Waals surface area contributed by atoms with Crippen molar-refractivity contribution in [2.45, 2.75) is 13.2 Å². The summed E-state index contributed by atoms with van der Waals surface area (Å²) in [5.74, 6) is 0.697. The number of nitrogens with one attached hydrogen (secondary N) is 1. The molecule has 3 rings (SSSR count). The van der Waals surface area contributed by atoms with Crippen molar-refractivity contribution in [1.29, 1.82) is 0 Å². The standard InChI is InChI=1S/C23H23ClN2O2/c1-26(15-18-5-3-2-4-6-18)16-23(27)25-21-11-13-22(14-12-21)28-17-19-7-9-20(24)10-8-19/h2-14H,15-17H2,1H3,(H,25,27). The van der Waals surface area contributed by atoms with Crippen molar-refractivity contribution in [3.63, 3.8) is 0 Å². The van der Waals surface area contributed by atoms with Gasteiger partial charge in [-0.05, 0) is 54.6 Å². The van der Waals surface area contributed by atoms with E-state index in [1.165, 1.54) is 5.56 Å². The average molecular weight is 395 g/mol. The minimum Gasteiger partial charge on any atom is -0.489 e. The maximum atomic E-state index is 12.2. The monoisotopic (exact) mass is 394 g/mol. The molecule has 0 radical (unpaired) electrons. The Bertz CT molecular complexity index is 881. The fourth-order valence-corrected chi connectivity index (χ4v) is 2.90. The third-order valence-corrected chi connectivity index (χ3v) is 4.42. The van der Waals surface area contributed by atoms with E-state index in [1.807, 2.05) is 78.7 Å². The number of ether oxygens (including phenoxy) is 1. The summed E-state index contributed by atoms with van der Waals surface area (Å²) in [6.07, 6.45) is 0. The molecule has 0 atom stereocenters. The van der Waals surface area contributed by atoms with E-state index in [-0.39, 0.29) is 5.91 Å². The van der Waals surface area contributed by atoms with Gasteiger partial charge in [-0.25, -0.2) is 0 Å². The molecule has 0 saturated heterocycles. The molecule has 1 N–H and O–H groups in total. The molecule has 3 aromatic rings. The van der Waals surface area contributed by atoms with Gasteiger partial charge in [0.1, 0.15) is 12.4 Å². The van der Waals surface area contributed by atoms with Crippen LogP contribution in [0.1, 0.15) is 11.1 Å². The molecular formula is C23H23ClN2O2. The number of carbonyl (C=O) groups is 1. The Labute approximate surface area is 170 Å². The van der Waals surface area contributed by atoms with Gasteiger partial charge in [-0.2, -0.15) is 0 Å². The zero-order chi connectivity index (χ0) is 19.8. The van der Waals surface area contributed by atoms with Crippen molar-refractivity contribution in [2.24, 2.45) is 0 Å². The first-order valence-corrected chi connectivity index (χ1v) is 9.46. The predicted molar refractivity (Wildman–Crippen MR) is 114 cm³/mol. The van der Waals surface area contributed by atoms with E-state index in [4.69, 9.17) is 16.3 Å². The zero-order valence-corrected chi connectivity index (χ0v) is 16.5. The van der Waals surface area contributed by atoms with Gasteiger partial charge >= 0.3 is 0 Å². The molecule has 28 heavy (non-hydrogen) atoms. The highest BCUT2D eigenvalue weighted by atomic mass is 35.5. The molecule has 4 nitrogen and oxygen atoms in total.